The molecular weight excluding hydrogens is 327 g/mol. The lowest BCUT2D eigenvalue weighted by atomic mass is 10.1. The number of halogens is 2. The quantitative estimate of drug-likeness (QED) is 0.774. The Balaban J connectivity index is 1.95. The van der Waals surface area contributed by atoms with Crippen molar-refractivity contribution in [3.05, 3.63) is 53.3 Å². The van der Waals surface area contributed by atoms with Gasteiger partial charge in [0.1, 0.15) is 5.82 Å². The van der Waals surface area contributed by atoms with E-state index in [1.54, 1.807) is 30.3 Å². The topological polar surface area (TPSA) is 41.1 Å². The van der Waals surface area contributed by atoms with Crippen molar-refractivity contribution in [1.82, 2.24) is 15.3 Å². The van der Waals surface area contributed by atoms with Gasteiger partial charge < -0.3 is 10.2 Å². The number of benzene rings is 2. The van der Waals surface area contributed by atoms with E-state index in [0.29, 0.717) is 22.2 Å². The first-order chi connectivity index (χ1) is 11.7. The Labute approximate surface area is 144 Å². The summed E-state index contributed by atoms with van der Waals surface area (Å²) in [5.74, 6) is 0.327. The van der Waals surface area contributed by atoms with Gasteiger partial charge in [-0.2, -0.15) is 0 Å². The number of hydrogen-bond donors (Lipinski definition) is 1. The standard InChI is InChI=1S/C18H16ClFN4/c19-12-5-6-16-14(11-12)17(13-3-1-2-4-15(13)20)23-18(22-16)24-9-7-21-8-10-24/h1-6,11,21H,7-10H2. The number of piperazine rings is 1. The van der Waals surface area contributed by atoms with Crippen LogP contribution in [0.2, 0.25) is 5.02 Å². The smallest absolute Gasteiger partial charge is 0.226 e. The van der Waals surface area contributed by atoms with Gasteiger partial charge in [0.05, 0.1) is 11.2 Å². The molecule has 0 atom stereocenters. The highest BCUT2D eigenvalue weighted by atomic mass is 35.5. The molecule has 2 heterocycles. The van der Waals surface area contributed by atoms with Crippen molar-refractivity contribution in [1.29, 1.82) is 0 Å². The Hall–Kier alpha value is -2.24. The molecule has 6 heteroatoms. The molecule has 0 saturated carbocycles. The third kappa shape index (κ3) is 2.81. The molecule has 4 nitrogen and oxygen atoms in total. The monoisotopic (exact) mass is 342 g/mol. The molecule has 0 spiro atoms. The lowest BCUT2D eigenvalue weighted by Gasteiger charge is -2.28. The Morgan fingerprint density at radius 1 is 1.04 bits per heavy atom. The second-order valence-corrected chi connectivity index (χ2v) is 6.19. The Kier molecular flexibility index (Phi) is 4.04. The highest BCUT2D eigenvalue weighted by Crippen LogP contribution is 2.31. The summed E-state index contributed by atoms with van der Waals surface area (Å²) in [6.07, 6.45) is 0. The highest BCUT2D eigenvalue weighted by molar-refractivity contribution is 6.31. The first-order valence-corrected chi connectivity index (χ1v) is 8.28. The van der Waals surface area contributed by atoms with Gasteiger partial charge in [-0.15, -0.1) is 0 Å². The van der Waals surface area contributed by atoms with E-state index in [0.717, 1.165) is 37.1 Å². The molecule has 1 N–H and O–H groups in total. The van der Waals surface area contributed by atoms with Gasteiger partial charge >= 0.3 is 0 Å². The van der Waals surface area contributed by atoms with Gasteiger partial charge in [0.2, 0.25) is 5.95 Å². The zero-order chi connectivity index (χ0) is 16.5. The Morgan fingerprint density at radius 3 is 2.62 bits per heavy atom. The minimum absolute atomic E-state index is 0.302. The fourth-order valence-corrected chi connectivity index (χ4v) is 3.13. The molecule has 0 unspecified atom stereocenters. The van der Waals surface area contributed by atoms with Crippen LogP contribution in [0.25, 0.3) is 22.2 Å². The summed E-state index contributed by atoms with van der Waals surface area (Å²) in [7, 11) is 0. The van der Waals surface area contributed by atoms with Crippen molar-refractivity contribution >= 4 is 28.5 Å². The normalized spacial score (nSPS) is 15.0. The molecule has 0 amide bonds. The fourth-order valence-electron chi connectivity index (χ4n) is 2.95. The van der Waals surface area contributed by atoms with Crippen molar-refractivity contribution in [3.63, 3.8) is 0 Å². The molecule has 1 saturated heterocycles. The van der Waals surface area contributed by atoms with Crippen LogP contribution in [0.15, 0.2) is 42.5 Å². The predicted octanol–water partition coefficient (Wildman–Crippen LogP) is 3.50. The summed E-state index contributed by atoms with van der Waals surface area (Å²) >= 11 is 6.14. The maximum atomic E-state index is 14.4. The van der Waals surface area contributed by atoms with E-state index >= 15 is 0 Å². The predicted molar refractivity (Wildman–Crippen MR) is 95.0 cm³/mol. The van der Waals surface area contributed by atoms with Crippen molar-refractivity contribution in [2.75, 3.05) is 31.1 Å². The third-order valence-corrected chi connectivity index (χ3v) is 4.41. The molecule has 24 heavy (non-hydrogen) atoms. The van der Waals surface area contributed by atoms with Crippen molar-refractivity contribution in [3.8, 4) is 11.3 Å². The van der Waals surface area contributed by atoms with Crippen LogP contribution in [-0.4, -0.2) is 36.1 Å². The molecule has 122 valence electrons. The van der Waals surface area contributed by atoms with Gasteiger partial charge in [-0.3, -0.25) is 0 Å². The molecule has 0 bridgehead atoms. The number of aromatic nitrogens is 2. The van der Waals surface area contributed by atoms with Crippen LogP contribution >= 0.6 is 11.6 Å². The summed E-state index contributed by atoms with van der Waals surface area (Å²) in [6, 6.07) is 12.1. The highest BCUT2D eigenvalue weighted by Gasteiger charge is 2.18. The Morgan fingerprint density at radius 2 is 1.83 bits per heavy atom. The Bertz CT molecular complexity index is 893. The van der Waals surface area contributed by atoms with E-state index in [9.17, 15) is 4.39 Å². The van der Waals surface area contributed by atoms with Crippen LogP contribution in [0.4, 0.5) is 10.3 Å². The lowest BCUT2D eigenvalue weighted by molar-refractivity contribution is 0.580. The third-order valence-electron chi connectivity index (χ3n) is 4.17. The van der Waals surface area contributed by atoms with E-state index in [1.165, 1.54) is 6.07 Å². The number of nitrogens with one attached hydrogen (secondary N) is 1. The SMILES string of the molecule is Fc1ccccc1-c1nc(N2CCNCC2)nc2ccc(Cl)cc12. The van der Waals surface area contributed by atoms with Gasteiger partial charge in [0, 0.05) is 42.2 Å². The van der Waals surface area contributed by atoms with Crippen LogP contribution in [0.5, 0.6) is 0 Å². The summed E-state index contributed by atoms with van der Waals surface area (Å²) in [5.41, 5.74) is 1.80. The molecule has 3 aromatic rings. The van der Waals surface area contributed by atoms with E-state index in [-0.39, 0.29) is 5.82 Å². The van der Waals surface area contributed by atoms with Crippen LogP contribution in [0.1, 0.15) is 0 Å². The van der Waals surface area contributed by atoms with Crippen LogP contribution in [0.3, 0.4) is 0 Å². The fraction of sp³-hybridized carbons (Fsp3) is 0.222. The van der Waals surface area contributed by atoms with Crippen LogP contribution in [-0.2, 0) is 0 Å². The largest absolute Gasteiger partial charge is 0.338 e. The molecule has 1 aromatic heterocycles. The summed E-state index contributed by atoms with van der Waals surface area (Å²) in [4.78, 5) is 11.5. The van der Waals surface area contributed by atoms with E-state index in [1.807, 2.05) is 6.07 Å². The average Bonchev–Trinajstić information content (AvgIpc) is 2.62. The number of rotatable bonds is 2. The minimum Gasteiger partial charge on any atom is -0.338 e. The minimum atomic E-state index is -0.302. The van der Waals surface area contributed by atoms with Crippen LogP contribution < -0.4 is 10.2 Å². The van der Waals surface area contributed by atoms with E-state index < -0.39 is 0 Å². The molecule has 4 rings (SSSR count). The first-order valence-electron chi connectivity index (χ1n) is 7.90. The van der Waals surface area contributed by atoms with Gasteiger partial charge in [-0.05, 0) is 30.3 Å². The van der Waals surface area contributed by atoms with Gasteiger partial charge in [0.15, 0.2) is 0 Å². The van der Waals surface area contributed by atoms with Crippen LogP contribution in [0, 0.1) is 5.82 Å². The maximum absolute atomic E-state index is 14.4. The summed E-state index contributed by atoms with van der Waals surface area (Å²) in [5, 5.41) is 4.65. The number of hydrogen-bond acceptors (Lipinski definition) is 4. The maximum Gasteiger partial charge on any atom is 0.226 e. The number of nitrogens with zero attached hydrogens (tertiary/aromatic N) is 3. The van der Waals surface area contributed by atoms with Crippen molar-refractivity contribution < 1.29 is 4.39 Å². The van der Waals surface area contributed by atoms with E-state index in [4.69, 9.17) is 11.6 Å². The first kappa shape index (κ1) is 15.3. The summed E-state index contributed by atoms with van der Waals surface area (Å²) < 4.78 is 14.4. The molecule has 1 fully saturated rings. The molecular formula is C18H16ClFN4. The molecule has 1 aliphatic rings. The average molecular weight is 343 g/mol. The zero-order valence-corrected chi connectivity index (χ0v) is 13.7. The van der Waals surface area contributed by atoms with Crippen molar-refractivity contribution in [2.45, 2.75) is 0 Å². The molecule has 1 aliphatic heterocycles. The summed E-state index contributed by atoms with van der Waals surface area (Å²) in [6.45, 7) is 3.43. The van der Waals surface area contributed by atoms with Gasteiger partial charge in [-0.25, -0.2) is 14.4 Å². The second-order valence-electron chi connectivity index (χ2n) is 5.75. The molecule has 2 aromatic carbocycles. The molecule has 0 radical (unpaired) electrons. The lowest BCUT2D eigenvalue weighted by Crippen LogP contribution is -2.44. The molecule has 0 aliphatic carbocycles. The zero-order valence-electron chi connectivity index (χ0n) is 13.0. The van der Waals surface area contributed by atoms with E-state index in [2.05, 4.69) is 20.2 Å². The van der Waals surface area contributed by atoms with Crippen molar-refractivity contribution in [2.24, 2.45) is 0 Å². The van der Waals surface area contributed by atoms with Gasteiger partial charge in [-0.1, -0.05) is 23.7 Å². The second kappa shape index (κ2) is 6.34. The number of anilines is 1. The number of fused-ring (bicyclic) bond motifs is 1. The van der Waals surface area contributed by atoms with Gasteiger partial charge in [0.25, 0.3) is 0 Å².